The van der Waals surface area contributed by atoms with Crippen molar-refractivity contribution in [3.63, 3.8) is 0 Å². The predicted octanol–water partition coefficient (Wildman–Crippen LogP) is 5.29. The lowest BCUT2D eigenvalue weighted by molar-refractivity contribution is 0.0733. The summed E-state index contributed by atoms with van der Waals surface area (Å²) in [5.74, 6) is -0.166. The summed E-state index contributed by atoms with van der Waals surface area (Å²) >= 11 is 0. The molecular weight excluding hydrogens is 491 g/mol. The second kappa shape index (κ2) is 12.0. The Morgan fingerprint density at radius 1 is 0.595 bits per heavy atom. The normalized spacial score (nSPS) is 10.6. The third-order valence-corrected chi connectivity index (χ3v) is 6.45. The molecule has 186 valence electrons. The summed E-state index contributed by atoms with van der Waals surface area (Å²) in [7, 11) is 2.50. The summed E-state index contributed by atoms with van der Waals surface area (Å²) in [4.78, 5) is 38.7. The van der Waals surface area contributed by atoms with Crippen LogP contribution in [0.2, 0.25) is 0 Å². The Balaban J connectivity index is 1.66. The summed E-state index contributed by atoms with van der Waals surface area (Å²) in [6.45, 7) is 0. The van der Waals surface area contributed by atoms with Crippen LogP contribution in [-0.4, -0.2) is 31.7 Å². The molecule has 4 aromatic rings. The van der Waals surface area contributed by atoms with Gasteiger partial charge in [0.2, 0.25) is 0 Å². The minimum Gasteiger partial charge on any atom is -0.496 e. The van der Waals surface area contributed by atoms with E-state index in [-0.39, 0.29) is 22.6 Å². The second-order valence-electron chi connectivity index (χ2n) is 7.66. The molecule has 4 rings (SSSR count). The smallest absolute Gasteiger partial charge is 0.343 e. The number of benzene rings is 4. The van der Waals surface area contributed by atoms with Gasteiger partial charge in [0.15, 0.2) is 5.52 Å². The summed E-state index contributed by atoms with van der Waals surface area (Å²) in [5, 5.41) is 0.446. The monoisotopic (exact) mass is 514 g/mol. The molecule has 0 saturated heterocycles. The molecule has 0 aliphatic heterocycles. The van der Waals surface area contributed by atoms with Crippen molar-refractivity contribution in [3.8, 4) is 23.0 Å². The van der Waals surface area contributed by atoms with E-state index in [0.29, 0.717) is 27.9 Å². The quantitative estimate of drug-likeness (QED) is 0.170. The Hall–Kier alpha value is -4.48. The third kappa shape index (κ3) is 6.21. The van der Waals surface area contributed by atoms with E-state index in [0.717, 1.165) is 0 Å². The van der Waals surface area contributed by atoms with Gasteiger partial charge < -0.3 is 18.9 Å². The minimum absolute atomic E-state index is 0.104. The molecule has 7 nitrogen and oxygen atoms in total. The number of hydrogen-bond acceptors (Lipinski definition) is 7. The number of carbonyl (C=O) groups is 3. The first-order chi connectivity index (χ1) is 18.0. The zero-order chi connectivity index (χ0) is 26.2. The average molecular weight is 514 g/mol. The van der Waals surface area contributed by atoms with E-state index >= 15 is 0 Å². The summed E-state index contributed by atoms with van der Waals surface area (Å²) < 4.78 is 21.9. The molecule has 0 heterocycles. The van der Waals surface area contributed by atoms with E-state index in [1.807, 2.05) is 0 Å². The molecule has 1 unspecified atom stereocenters. The number of carbonyl (C=O) groups excluding carboxylic acids is 3. The standard InChI is InChI=1S/C29H23O7P/c1-33-22-14-9-15-23(34-2)26(22)29(32)37-25-17-16-21(35-27(30)19-10-5-3-6-11-19)18-24(25)36-28(31)20-12-7-4-8-13-20/h3-18,37H,1-2H3. The molecule has 4 aromatic carbocycles. The van der Waals surface area contributed by atoms with Crippen LogP contribution >= 0.6 is 8.58 Å². The van der Waals surface area contributed by atoms with Crippen molar-refractivity contribution in [1.82, 2.24) is 0 Å². The molecule has 0 aromatic heterocycles. The highest BCUT2D eigenvalue weighted by Gasteiger charge is 2.22. The van der Waals surface area contributed by atoms with Crippen LogP contribution < -0.4 is 24.3 Å². The van der Waals surface area contributed by atoms with Crippen LogP contribution in [0.15, 0.2) is 97.1 Å². The number of ether oxygens (including phenoxy) is 4. The van der Waals surface area contributed by atoms with Gasteiger partial charge >= 0.3 is 11.9 Å². The van der Waals surface area contributed by atoms with Crippen molar-refractivity contribution in [2.75, 3.05) is 14.2 Å². The van der Waals surface area contributed by atoms with Gasteiger partial charge in [-0.05, 0) is 57.1 Å². The Bertz CT molecular complexity index is 1400. The van der Waals surface area contributed by atoms with Gasteiger partial charge in [-0.15, -0.1) is 0 Å². The molecule has 0 aliphatic rings. The third-order valence-electron chi connectivity index (χ3n) is 5.29. The van der Waals surface area contributed by atoms with Crippen LogP contribution in [0.5, 0.6) is 23.0 Å². The Morgan fingerprint density at radius 2 is 1.14 bits per heavy atom. The van der Waals surface area contributed by atoms with Gasteiger partial charge in [-0.1, -0.05) is 42.5 Å². The van der Waals surface area contributed by atoms with Gasteiger partial charge in [0.05, 0.1) is 25.3 Å². The lowest BCUT2D eigenvalue weighted by Gasteiger charge is -2.14. The van der Waals surface area contributed by atoms with Crippen LogP contribution in [0, 0.1) is 0 Å². The highest BCUT2D eigenvalue weighted by molar-refractivity contribution is 7.66. The summed E-state index contributed by atoms with van der Waals surface area (Å²) in [6, 6.07) is 26.6. The zero-order valence-electron chi connectivity index (χ0n) is 20.1. The average Bonchev–Trinajstić information content (AvgIpc) is 2.94. The topological polar surface area (TPSA) is 88.1 Å². The molecule has 8 heteroatoms. The molecule has 0 bridgehead atoms. The second-order valence-corrected chi connectivity index (χ2v) is 8.90. The first kappa shape index (κ1) is 25.6. The molecule has 1 atom stereocenters. The summed E-state index contributed by atoms with van der Waals surface area (Å²) in [5.41, 5.74) is 0.710. The number of methoxy groups -OCH3 is 2. The highest BCUT2D eigenvalue weighted by atomic mass is 31.1. The van der Waals surface area contributed by atoms with Crippen LogP contribution in [0.4, 0.5) is 0 Å². The van der Waals surface area contributed by atoms with Gasteiger partial charge in [0.25, 0.3) is 0 Å². The predicted molar refractivity (Wildman–Crippen MR) is 141 cm³/mol. The van der Waals surface area contributed by atoms with E-state index in [1.54, 1.807) is 91.0 Å². The van der Waals surface area contributed by atoms with Crippen molar-refractivity contribution < 1.29 is 33.3 Å². The maximum Gasteiger partial charge on any atom is 0.343 e. The van der Waals surface area contributed by atoms with Crippen molar-refractivity contribution >= 4 is 31.3 Å². The SMILES string of the molecule is COc1cccc(OC)c1C(=O)Pc1ccc(OC(=O)c2ccccc2)cc1OC(=O)c1ccccc1. The van der Waals surface area contributed by atoms with E-state index in [9.17, 15) is 14.4 Å². The molecule has 0 amide bonds. The fourth-order valence-electron chi connectivity index (χ4n) is 3.49. The number of esters is 2. The first-order valence-electron chi connectivity index (χ1n) is 11.2. The maximum atomic E-state index is 13.4. The van der Waals surface area contributed by atoms with Crippen LogP contribution in [-0.2, 0) is 0 Å². The van der Waals surface area contributed by atoms with E-state index < -0.39 is 20.5 Å². The van der Waals surface area contributed by atoms with Crippen molar-refractivity contribution in [2.45, 2.75) is 0 Å². The van der Waals surface area contributed by atoms with Crippen molar-refractivity contribution in [3.05, 3.63) is 114 Å². The van der Waals surface area contributed by atoms with Gasteiger partial charge in [-0.2, -0.15) is 0 Å². The number of rotatable bonds is 9. The fourth-order valence-corrected chi connectivity index (χ4v) is 4.52. The van der Waals surface area contributed by atoms with E-state index in [1.165, 1.54) is 20.3 Å². The molecule has 0 spiro atoms. The molecule has 0 N–H and O–H groups in total. The zero-order valence-corrected chi connectivity index (χ0v) is 21.1. The van der Waals surface area contributed by atoms with Gasteiger partial charge in [-0.25, -0.2) is 9.59 Å². The van der Waals surface area contributed by atoms with Gasteiger partial charge in [-0.3, -0.25) is 4.79 Å². The minimum atomic E-state index is -0.611. The highest BCUT2D eigenvalue weighted by Crippen LogP contribution is 2.36. The Kier molecular flexibility index (Phi) is 8.29. The molecular formula is C29H23O7P. The van der Waals surface area contributed by atoms with E-state index in [2.05, 4.69) is 0 Å². The van der Waals surface area contributed by atoms with E-state index in [4.69, 9.17) is 18.9 Å². The van der Waals surface area contributed by atoms with Gasteiger partial charge in [0, 0.05) is 11.4 Å². The van der Waals surface area contributed by atoms with Crippen LogP contribution in [0.25, 0.3) is 0 Å². The van der Waals surface area contributed by atoms with Crippen LogP contribution in [0.3, 0.4) is 0 Å². The lowest BCUT2D eigenvalue weighted by Crippen LogP contribution is -2.15. The van der Waals surface area contributed by atoms with Crippen molar-refractivity contribution in [1.29, 1.82) is 0 Å². The molecule has 0 saturated carbocycles. The fraction of sp³-hybridized carbons (Fsp3) is 0.0690. The molecule has 0 radical (unpaired) electrons. The Labute approximate surface area is 215 Å². The first-order valence-corrected chi connectivity index (χ1v) is 12.2. The Morgan fingerprint density at radius 3 is 1.68 bits per heavy atom. The van der Waals surface area contributed by atoms with Crippen LogP contribution in [0.1, 0.15) is 31.1 Å². The molecule has 37 heavy (non-hydrogen) atoms. The largest absolute Gasteiger partial charge is 0.496 e. The van der Waals surface area contributed by atoms with Gasteiger partial charge in [0.1, 0.15) is 28.6 Å². The van der Waals surface area contributed by atoms with Crippen molar-refractivity contribution in [2.24, 2.45) is 0 Å². The molecule has 0 fully saturated rings. The molecule has 0 aliphatic carbocycles. The number of hydrogen-bond donors (Lipinski definition) is 0. The maximum absolute atomic E-state index is 13.4. The summed E-state index contributed by atoms with van der Waals surface area (Å²) in [6.07, 6.45) is 0. The lowest BCUT2D eigenvalue weighted by atomic mass is 10.2.